The average molecular weight is 609 g/mol. The van der Waals surface area contributed by atoms with E-state index in [1.165, 1.54) is 0 Å². The number of rotatable bonds is 7. The summed E-state index contributed by atoms with van der Waals surface area (Å²) in [5, 5.41) is 2.96. The largest absolute Gasteiger partial charge is 0.436 e. The average Bonchev–Trinajstić information content (AvgIpc) is 3.71. The normalized spacial score (nSPS) is 15.0. The van der Waals surface area contributed by atoms with Crippen molar-refractivity contribution in [2.75, 3.05) is 18.0 Å². The molecule has 0 aliphatic carbocycles. The van der Waals surface area contributed by atoms with Crippen molar-refractivity contribution in [3.63, 3.8) is 0 Å². The highest BCUT2D eigenvalue weighted by atomic mass is 19.4. The number of aromatic nitrogens is 1. The second-order valence-corrected chi connectivity index (χ2v) is 11.6. The molecule has 1 aromatic heterocycles. The van der Waals surface area contributed by atoms with E-state index in [-0.39, 0.29) is 17.7 Å². The first-order chi connectivity index (χ1) is 21.6. The summed E-state index contributed by atoms with van der Waals surface area (Å²) in [6.45, 7) is 13.4. The Balaban J connectivity index is 1.05. The van der Waals surface area contributed by atoms with Crippen molar-refractivity contribution in [2.24, 2.45) is 0 Å². The van der Waals surface area contributed by atoms with E-state index in [9.17, 15) is 18.0 Å². The van der Waals surface area contributed by atoms with Crippen molar-refractivity contribution in [3.8, 4) is 11.5 Å². The third-order valence-corrected chi connectivity index (χ3v) is 8.30. The van der Waals surface area contributed by atoms with E-state index in [2.05, 4.69) is 20.0 Å². The van der Waals surface area contributed by atoms with Crippen molar-refractivity contribution >= 4 is 28.4 Å². The van der Waals surface area contributed by atoms with Gasteiger partial charge in [-0.2, -0.15) is 13.2 Å². The van der Waals surface area contributed by atoms with Crippen LogP contribution in [-0.4, -0.2) is 24.0 Å². The molecule has 9 heteroatoms. The molecule has 0 saturated carbocycles. The Bertz CT molecular complexity index is 1870. The maximum Gasteiger partial charge on any atom is 0.416 e. The zero-order chi connectivity index (χ0) is 31.7. The number of nitrogens with zero attached hydrogens (tertiary/aromatic N) is 3. The Hall–Kier alpha value is -5.10. The third-order valence-electron chi connectivity index (χ3n) is 8.30. The minimum atomic E-state index is -4.33. The van der Waals surface area contributed by atoms with Crippen LogP contribution in [0.25, 0.3) is 27.4 Å². The number of oxazole rings is 1. The van der Waals surface area contributed by atoms with Crippen molar-refractivity contribution in [2.45, 2.75) is 44.8 Å². The van der Waals surface area contributed by atoms with Gasteiger partial charge in [-0.1, -0.05) is 38.1 Å². The lowest BCUT2D eigenvalue weighted by Crippen LogP contribution is -2.23. The van der Waals surface area contributed by atoms with E-state index in [1.807, 2.05) is 44.2 Å². The predicted octanol–water partition coefficient (Wildman–Crippen LogP) is 9.11. The van der Waals surface area contributed by atoms with Gasteiger partial charge in [-0.25, -0.2) is 9.83 Å². The molecule has 0 bridgehead atoms. The number of alkyl halides is 3. The standard InChI is InChI=1S/C36H31F3N4O2/c1-22(2)31-18-29(40-3)19-32-33(31)45-35(42-32)26-8-6-25(7-9-26)34(44)41-20-23-4-14-30(15-5-23)43-17-16-27(21-43)24-10-12-28(13-11-24)36(37,38)39/h4-15,18-19,22,27H,16-17,20-21H2,1-2H3,(H,41,44). The fourth-order valence-electron chi connectivity index (χ4n) is 5.74. The highest BCUT2D eigenvalue weighted by molar-refractivity contribution is 5.94. The Morgan fingerprint density at radius 2 is 1.76 bits per heavy atom. The van der Waals surface area contributed by atoms with Crippen LogP contribution >= 0.6 is 0 Å². The van der Waals surface area contributed by atoms with Gasteiger partial charge >= 0.3 is 6.18 Å². The first-order valence-electron chi connectivity index (χ1n) is 14.8. The van der Waals surface area contributed by atoms with Crippen molar-refractivity contribution in [1.29, 1.82) is 0 Å². The first kappa shape index (κ1) is 29.9. The van der Waals surface area contributed by atoms with E-state index in [1.54, 1.807) is 42.5 Å². The zero-order valence-electron chi connectivity index (χ0n) is 24.9. The van der Waals surface area contributed by atoms with Gasteiger partial charge in [0.25, 0.3) is 5.91 Å². The number of hydrogen-bond donors (Lipinski definition) is 1. The topological polar surface area (TPSA) is 62.7 Å². The molecule has 1 amide bonds. The SMILES string of the molecule is [C-]#[N+]c1cc(C(C)C)c2oc(-c3ccc(C(=O)NCc4ccc(N5CCC(c6ccc(C(F)(F)F)cc6)C5)cc4)cc3)nc2c1. The molecule has 228 valence electrons. The molecule has 1 atom stereocenters. The van der Waals surface area contributed by atoms with Crippen molar-refractivity contribution in [3.05, 3.63) is 124 Å². The first-order valence-corrected chi connectivity index (χ1v) is 14.8. The Morgan fingerprint density at radius 1 is 1.04 bits per heavy atom. The lowest BCUT2D eigenvalue weighted by molar-refractivity contribution is -0.137. The quantitative estimate of drug-likeness (QED) is 0.187. The van der Waals surface area contributed by atoms with Crippen LogP contribution in [0.3, 0.4) is 0 Å². The van der Waals surface area contributed by atoms with Crippen LogP contribution in [0.2, 0.25) is 0 Å². The molecule has 1 saturated heterocycles. The highest BCUT2D eigenvalue weighted by Crippen LogP contribution is 2.35. The van der Waals surface area contributed by atoms with Gasteiger partial charge < -0.3 is 14.6 Å². The van der Waals surface area contributed by atoms with Crippen LogP contribution in [0.1, 0.15) is 64.7 Å². The molecule has 1 aliphatic rings. The monoisotopic (exact) mass is 608 g/mol. The van der Waals surface area contributed by atoms with Crippen molar-refractivity contribution < 1.29 is 22.4 Å². The Labute approximate surface area is 259 Å². The summed E-state index contributed by atoms with van der Waals surface area (Å²) >= 11 is 0. The third kappa shape index (κ3) is 6.41. The van der Waals surface area contributed by atoms with E-state index in [0.717, 1.165) is 59.6 Å². The summed E-state index contributed by atoms with van der Waals surface area (Å²) in [6.07, 6.45) is -3.46. The van der Waals surface area contributed by atoms with Crippen LogP contribution in [-0.2, 0) is 12.7 Å². The molecule has 6 nitrogen and oxygen atoms in total. The van der Waals surface area contributed by atoms with Gasteiger partial charge in [-0.3, -0.25) is 4.79 Å². The van der Waals surface area contributed by atoms with Gasteiger partial charge in [-0.05, 0) is 89.7 Å². The van der Waals surface area contributed by atoms with Crippen LogP contribution in [0, 0.1) is 6.57 Å². The smallest absolute Gasteiger partial charge is 0.416 e. The van der Waals surface area contributed by atoms with Crippen LogP contribution in [0.15, 0.2) is 89.3 Å². The number of benzene rings is 4. The highest BCUT2D eigenvalue weighted by Gasteiger charge is 2.31. The zero-order valence-corrected chi connectivity index (χ0v) is 24.9. The molecule has 45 heavy (non-hydrogen) atoms. The van der Waals surface area contributed by atoms with Gasteiger partial charge in [0.2, 0.25) is 5.89 Å². The van der Waals surface area contributed by atoms with Gasteiger partial charge in [0.15, 0.2) is 11.3 Å². The molecule has 4 aromatic carbocycles. The van der Waals surface area contributed by atoms with E-state index in [4.69, 9.17) is 11.0 Å². The molecular weight excluding hydrogens is 577 g/mol. The van der Waals surface area contributed by atoms with E-state index >= 15 is 0 Å². The lowest BCUT2D eigenvalue weighted by Gasteiger charge is -2.19. The number of carbonyl (C=O) groups excluding carboxylic acids is 1. The second-order valence-electron chi connectivity index (χ2n) is 11.6. The molecule has 6 rings (SSSR count). The number of carbonyl (C=O) groups is 1. The molecule has 1 fully saturated rings. The van der Waals surface area contributed by atoms with Gasteiger partial charge in [0.05, 0.1) is 17.7 Å². The van der Waals surface area contributed by atoms with Crippen LogP contribution < -0.4 is 10.2 Å². The maximum atomic E-state index is 12.9. The predicted molar refractivity (Wildman–Crippen MR) is 168 cm³/mol. The minimum absolute atomic E-state index is 0.172. The lowest BCUT2D eigenvalue weighted by atomic mass is 9.97. The molecule has 0 radical (unpaired) electrons. The number of amides is 1. The van der Waals surface area contributed by atoms with Gasteiger partial charge in [0, 0.05) is 42.4 Å². The second kappa shape index (κ2) is 12.1. The van der Waals surface area contributed by atoms with E-state index < -0.39 is 11.7 Å². The van der Waals surface area contributed by atoms with Gasteiger partial charge in [0.1, 0.15) is 0 Å². The number of halogens is 3. The summed E-state index contributed by atoms with van der Waals surface area (Å²) in [7, 11) is 0. The fraction of sp³-hybridized carbons (Fsp3) is 0.250. The van der Waals surface area contributed by atoms with Crippen molar-refractivity contribution in [1.82, 2.24) is 10.3 Å². The Morgan fingerprint density at radius 3 is 2.40 bits per heavy atom. The molecule has 5 aromatic rings. The number of fused-ring (bicyclic) bond motifs is 1. The summed E-state index contributed by atoms with van der Waals surface area (Å²) in [5.74, 6) is 0.580. The Kier molecular flexibility index (Phi) is 8.07. The molecule has 2 heterocycles. The van der Waals surface area contributed by atoms with Gasteiger partial charge in [-0.15, -0.1) is 0 Å². The number of anilines is 1. The molecule has 0 spiro atoms. The van der Waals surface area contributed by atoms with E-state index in [0.29, 0.717) is 34.8 Å². The fourth-order valence-corrected chi connectivity index (χ4v) is 5.74. The number of hydrogen-bond acceptors (Lipinski definition) is 4. The number of nitrogens with one attached hydrogen (secondary N) is 1. The maximum absolute atomic E-state index is 12.9. The summed E-state index contributed by atoms with van der Waals surface area (Å²) in [6, 6.07) is 24.1. The summed E-state index contributed by atoms with van der Waals surface area (Å²) < 4.78 is 44.8. The molecule has 1 N–H and O–H groups in total. The van der Waals surface area contributed by atoms with Crippen LogP contribution in [0.4, 0.5) is 24.5 Å². The summed E-state index contributed by atoms with van der Waals surface area (Å²) in [5.41, 5.74) is 6.30. The molecule has 1 aliphatic heterocycles. The van der Waals surface area contributed by atoms with Crippen LogP contribution in [0.5, 0.6) is 0 Å². The summed E-state index contributed by atoms with van der Waals surface area (Å²) in [4.78, 5) is 23.3. The molecule has 1 unspecified atom stereocenters. The molecular formula is C36H31F3N4O2. The minimum Gasteiger partial charge on any atom is -0.436 e.